The maximum absolute atomic E-state index is 7.22. The fraction of sp³-hybridized carbons (Fsp3) is 0.667. The Balaban J connectivity index is 3.51. The zero-order valence-corrected chi connectivity index (χ0v) is 6.10. The molecule has 3 heteroatoms. The molecule has 0 saturated heterocycles. The molecule has 0 atom stereocenters. The summed E-state index contributed by atoms with van der Waals surface area (Å²) >= 11 is 0. The van der Waals surface area contributed by atoms with E-state index in [2.05, 4.69) is 10.5 Å². The molecule has 0 bridgehead atoms. The summed E-state index contributed by atoms with van der Waals surface area (Å²) in [5.41, 5.74) is 2.58. The Bertz CT molecular complexity index is 115. The predicted octanol–water partition coefficient (Wildman–Crippen LogP) is 1.21. The minimum absolute atomic E-state index is 0.230. The summed E-state index contributed by atoms with van der Waals surface area (Å²) in [5, 5.41) is 10.9. The van der Waals surface area contributed by atoms with E-state index < -0.39 is 0 Å². The average molecular weight is 127 g/mol. The Morgan fingerprint density at radius 1 is 1.67 bits per heavy atom. The molecule has 3 nitrogen and oxygen atoms in total. The molecule has 52 valence electrons. The monoisotopic (exact) mass is 127 g/mol. The zero-order valence-electron chi connectivity index (χ0n) is 6.10. The molecule has 0 fully saturated rings. The number of hydrazone groups is 1. The van der Waals surface area contributed by atoms with Crippen LogP contribution in [0, 0.1) is 11.3 Å². The van der Waals surface area contributed by atoms with Crippen LogP contribution in [0.4, 0.5) is 0 Å². The summed E-state index contributed by atoms with van der Waals surface area (Å²) in [5.74, 6) is 0.682. The normalized spacial score (nSPS) is 10.7. The van der Waals surface area contributed by atoms with Crippen LogP contribution in [0.1, 0.15) is 20.8 Å². The minimum Gasteiger partial charge on any atom is -0.287 e. The molecule has 0 aromatic rings. The highest BCUT2D eigenvalue weighted by molar-refractivity contribution is 5.81. The molecule has 0 spiro atoms. The molecule has 0 unspecified atom stereocenters. The van der Waals surface area contributed by atoms with Crippen molar-refractivity contribution in [2.45, 2.75) is 20.8 Å². The van der Waals surface area contributed by atoms with Gasteiger partial charge in [0, 0.05) is 12.1 Å². The topological polar surface area (TPSA) is 48.2 Å². The number of nitrogens with zero attached hydrogens (tertiary/aromatic N) is 1. The van der Waals surface area contributed by atoms with E-state index in [1.165, 1.54) is 0 Å². The van der Waals surface area contributed by atoms with Crippen molar-refractivity contribution in [1.29, 1.82) is 5.41 Å². The number of hydrogen-bond donors (Lipinski definition) is 2. The lowest BCUT2D eigenvalue weighted by atomic mass is 10.2. The van der Waals surface area contributed by atoms with Crippen molar-refractivity contribution < 1.29 is 0 Å². The molecule has 0 amide bonds. The van der Waals surface area contributed by atoms with Crippen molar-refractivity contribution in [2.24, 2.45) is 11.0 Å². The van der Waals surface area contributed by atoms with E-state index in [9.17, 15) is 0 Å². The highest BCUT2D eigenvalue weighted by Gasteiger charge is 1.97. The number of hydrogen-bond acceptors (Lipinski definition) is 2. The van der Waals surface area contributed by atoms with E-state index in [4.69, 9.17) is 5.41 Å². The lowest BCUT2D eigenvalue weighted by Gasteiger charge is -2.03. The SMILES string of the molecule is C/C=N\NC(=N)C(C)C. The van der Waals surface area contributed by atoms with Gasteiger partial charge in [-0.2, -0.15) is 5.10 Å². The van der Waals surface area contributed by atoms with E-state index >= 15 is 0 Å². The summed E-state index contributed by atoms with van der Waals surface area (Å²) in [6, 6.07) is 0. The first kappa shape index (κ1) is 8.14. The molecule has 0 heterocycles. The summed E-state index contributed by atoms with van der Waals surface area (Å²) in [6.45, 7) is 5.70. The van der Waals surface area contributed by atoms with Gasteiger partial charge in [0.2, 0.25) is 0 Å². The molecular formula is C6H13N3. The highest BCUT2D eigenvalue weighted by Crippen LogP contribution is 1.89. The number of amidine groups is 1. The van der Waals surface area contributed by atoms with Crippen LogP contribution in [0.25, 0.3) is 0 Å². The average Bonchev–Trinajstić information content (AvgIpc) is 1.82. The molecule has 0 aliphatic rings. The fourth-order valence-corrected chi connectivity index (χ4v) is 0.263. The van der Waals surface area contributed by atoms with Crippen molar-refractivity contribution in [2.75, 3.05) is 0 Å². The molecule has 9 heavy (non-hydrogen) atoms. The van der Waals surface area contributed by atoms with Crippen LogP contribution < -0.4 is 5.43 Å². The summed E-state index contributed by atoms with van der Waals surface area (Å²) in [4.78, 5) is 0. The van der Waals surface area contributed by atoms with Gasteiger partial charge >= 0.3 is 0 Å². The highest BCUT2D eigenvalue weighted by atomic mass is 15.3. The molecule has 0 radical (unpaired) electrons. The van der Waals surface area contributed by atoms with Gasteiger partial charge in [0.05, 0.1) is 0 Å². The Morgan fingerprint density at radius 2 is 2.22 bits per heavy atom. The van der Waals surface area contributed by atoms with Gasteiger partial charge in [-0.25, -0.2) is 0 Å². The van der Waals surface area contributed by atoms with Gasteiger partial charge in [-0.3, -0.25) is 10.8 Å². The van der Waals surface area contributed by atoms with E-state index in [0.29, 0.717) is 5.84 Å². The molecule has 0 aliphatic carbocycles. The Morgan fingerprint density at radius 3 is 2.56 bits per heavy atom. The van der Waals surface area contributed by atoms with E-state index in [1.54, 1.807) is 13.1 Å². The summed E-state index contributed by atoms with van der Waals surface area (Å²) in [6.07, 6.45) is 1.62. The smallest absolute Gasteiger partial charge is 0.116 e. The van der Waals surface area contributed by atoms with Crippen molar-refractivity contribution in [3.8, 4) is 0 Å². The standard InChI is InChI=1S/C6H13N3/c1-4-8-9-6(7)5(2)3/h4-5H,1-3H3,(H2,7,9)/b8-4-. The van der Waals surface area contributed by atoms with E-state index in [0.717, 1.165) is 0 Å². The minimum atomic E-state index is 0.230. The van der Waals surface area contributed by atoms with Gasteiger partial charge in [-0.15, -0.1) is 0 Å². The molecular weight excluding hydrogens is 114 g/mol. The van der Waals surface area contributed by atoms with E-state index in [1.807, 2.05) is 13.8 Å². The number of rotatable bonds is 2. The van der Waals surface area contributed by atoms with Crippen LogP contribution in [0.15, 0.2) is 5.10 Å². The van der Waals surface area contributed by atoms with Crippen LogP contribution >= 0.6 is 0 Å². The van der Waals surface area contributed by atoms with Gasteiger partial charge in [0.1, 0.15) is 5.84 Å². The van der Waals surface area contributed by atoms with Crippen LogP contribution in [0.3, 0.4) is 0 Å². The molecule has 2 N–H and O–H groups in total. The molecule has 0 saturated carbocycles. The largest absolute Gasteiger partial charge is 0.287 e. The van der Waals surface area contributed by atoms with Crippen molar-refractivity contribution in [3.05, 3.63) is 0 Å². The van der Waals surface area contributed by atoms with Gasteiger partial charge in [0.15, 0.2) is 0 Å². The van der Waals surface area contributed by atoms with Crippen molar-refractivity contribution in [3.63, 3.8) is 0 Å². The summed E-state index contributed by atoms with van der Waals surface area (Å²) < 4.78 is 0. The number of nitrogens with one attached hydrogen (secondary N) is 2. The first-order chi connectivity index (χ1) is 4.18. The van der Waals surface area contributed by atoms with E-state index in [-0.39, 0.29) is 5.92 Å². The maximum Gasteiger partial charge on any atom is 0.116 e. The van der Waals surface area contributed by atoms with Crippen molar-refractivity contribution in [1.82, 2.24) is 5.43 Å². The van der Waals surface area contributed by atoms with Crippen LogP contribution in [-0.2, 0) is 0 Å². The maximum atomic E-state index is 7.22. The third-order valence-corrected chi connectivity index (χ3v) is 0.891. The van der Waals surface area contributed by atoms with Gasteiger partial charge in [-0.1, -0.05) is 13.8 Å². The first-order valence-corrected chi connectivity index (χ1v) is 3.00. The van der Waals surface area contributed by atoms with Gasteiger partial charge in [-0.05, 0) is 6.92 Å². The Kier molecular flexibility index (Phi) is 3.67. The second-order valence-electron chi connectivity index (χ2n) is 2.07. The van der Waals surface area contributed by atoms with Crippen molar-refractivity contribution >= 4 is 12.1 Å². The molecule has 0 rings (SSSR count). The molecule has 0 aromatic heterocycles. The first-order valence-electron chi connectivity index (χ1n) is 3.00. The Labute approximate surface area is 55.7 Å². The summed E-state index contributed by atoms with van der Waals surface area (Å²) in [7, 11) is 0. The zero-order chi connectivity index (χ0) is 7.28. The van der Waals surface area contributed by atoms with Crippen LogP contribution in [0.2, 0.25) is 0 Å². The fourth-order valence-electron chi connectivity index (χ4n) is 0.263. The molecule has 0 aliphatic heterocycles. The third kappa shape index (κ3) is 3.70. The second kappa shape index (κ2) is 4.06. The lowest BCUT2D eigenvalue weighted by molar-refractivity contribution is 0.807. The van der Waals surface area contributed by atoms with Crippen LogP contribution in [-0.4, -0.2) is 12.1 Å². The quantitative estimate of drug-likeness (QED) is 0.327. The molecule has 0 aromatic carbocycles. The predicted molar refractivity (Wildman–Crippen MR) is 39.9 cm³/mol. The second-order valence-corrected chi connectivity index (χ2v) is 2.07. The third-order valence-electron chi connectivity index (χ3n) is 0.891. The van der Waals surface area contributed by atoms with Crippen LogP contribution in [0.5, 0.6) is 0 Å². The van der Waals surface area contributed by atoms with Gasteiger partial charge in [0.25, 0.3) is 0 Å². The van der Waals surface area contributed by atoms with Gasteiger partial charge < -0.3 is 0 Å². The Hall–Kier alpha value is -0.860. The lowest BCUT2D eigenvalue weighted by Crippen LogP contribution is -2.21.